The molecule has 0 saturated heterocycles. The van der Waals surface area contributed by atoms with E-state index in [-0.39, 0.29) is 22.9 Å². The number of anilines is 1. The summed E-state index contributed by atoms with van der Waals surface area (Å²) in [6, 6.07) is 19.8. The number of rotatable bonds is 11. The van der Waals surface area contributed by atoms with Gasteiger partial charge in [-0.3, -0.25) is 14.9 Å². The summed E-state index contributed by atoms with van der Waals surface area (Å²) in [5, 5.41) is 15.2. The van der Waals surface area contributed by atoms with Crippen LogP contribution in [0.1, 0.15) is 29.8 Å². The fourth-order valence-electron chi connectivity index (χ4n) is 4.32. The van der Waals surface area contributed by atoms with E-state index in [1.165, 1.54) is 12.1 Å². The van der Waals surface area contributed by atoms with Crippen LogP contribution in [0.25, 0.3) is 22.5 Å². The van der Waals surface area contributed by atoms with Crippen LogP contribution in [-0.2, 0) is 14.3 Å². The Bertz CT molecular complexity index is 1670. The first kappa shape index (κ1) is 31.3. The summed E-state index contributed by atoms with van der Waals surface area (Å²) in [7, 11) is 3.08. The normalized spacial score (nSPS) is 11.3. The molecule has 226 valence electrons. The van der Waals surface area contributed by atoms with Crippen LogP contribution in [-0.4, -0.2) is 44.7 Å². The number of halogens is 1. The summed E-state index contributed by atoms with van der Waals surface area (Å²) in [5.74, 6) is -1.67. The highest BCUT2D eigenvalue weighted by Crippen LogP contribution is 2.42. The van der Waals surface area contributed by atoms with Crippen LogP contribution < -0.4 is 20.1 Å². The van der Waals surface area contributed by atoms with Crippen molar-refractivity contribution in [2.45, 2.75) is 19.9 Å². The second kappa shape index (κ2) is 14.0. The monoisotopic (exact) mass is 599 g/mol. The third kappa shape index (κ3) is 7.22. The highest BCUT2D eigenvalue weighted by molar-refractivity contribution is 5.98. The van der Waals surface area contributed by atoms with Gasteiger partial charge in [0.05, 0.1) is 14.2 Å². The molecule has 0 aliphatic heterocycles. The molecule has 10 nitrogen and oxygen atoms in total. The maximum atomic E-state index is 13.2. The molecule has 0 radical (unpaired) electrons. The van der Waals surface area contributed by atoms with Crippen molar-refractivity contribution in [3.8, 4) is 40.0 Å². The zero-order valence-corrected chi connectivity index (χ0v) is 24.5. The van der Waals surface area contributed by atoms with Gasteiger partial charge in [0, 0.05) is 16.7 Å². The second-order valence-corrected chi connectivity index (χ2v) is 9.94. The Kier molecular flexibility index (Phi) is 9.98. The lowest BCUT2D eigenvalue weighted by Gasteiger charge is -2.20. The predicted molar refractivity (Wildman–Crippen MR) is 159 cm³/mol. The summed E-state index contributed by atoms with van der Waals surface area (Å²) < 4.78 is 35.0. The number of ether oxygens (including phenoxy) is 3. The van der Waals surface area contributed by atoms with Crippen molar-refractivity contribution in [1.82, 2.24) is 5.32 Å². The number of nitriles is 1. The molecule has 0 fully saturated rings. The second-order valence-electron chi connectivity index (χ2n) is 9.94. The number of carbonyl (C=O) groups is 3. The van der Waals surface area contributed by atoms with Crippen LogP contribution in [0.2, 0.25) is 0 Å². The molecule has 11 heteroatoms. The van der Waals surface area contributed by atoms with E-state index >= 15 is 0 Å². The van der Waals surface area contributed by atoms with Crippen molar-refractivity contribution in [3.05, 3.63) is 89.7 Å². The first-order valence-corrected chi connectivity index (χ1v) is 13.5. The molecule has 2 N–H and O–H groups in total. The summed E-state index contributed by atoms with van der Waals surface area (Å²) >= 11 is 0. The van der Waals surface area contributed by atoms with E-state index < -0.39 is 36.2 Å². The number of hydrogen-bond donors (Lipinski definition) is 2. The number of nitrogens with zero attached hydrogens (tertiary/aromatic N) is 1. The lowest BCUT2D eigenvalue weighted by molar-refractivity contribution is -0.150. The van der Waals surface area contributed by atoms with Gasteiger partial charge in [-0.1, -0.05) is 26.0 Å². The van der Waals surface area contributed by atoms with Gasteiger partial charge < -0.3 is 23.9 Å². The van der Waals surface area contributed by atoms with Gasteiger partial charge in [0.1, 0.15) is 40.8 Å². The quantitative estimate of drug-likeness (QED) is 0.213. The van der Waals surface area contributed by atoms with Gasteiger partial charge in [-0.05, 0) is 72.1 Å². The fourth-order valence-corrected chi connectivity index (χ4v) is 4.32. The fraction of sp³-hybridized carbons (Fsp3) is 0.212. The lowest BCUT2D eigenvalue weighted by Crippen LogP contribution is -2.45. The molecule has 4 rings (SSSR count). The van der Waals surface area contributed by atoms with E-state index in [0.717, 1.165) is 12.1 Å². The molecule has 1 heterocycles. The molecule has 3 aromatic carbocycles. The van der Waals surface area contributed by atoms with Crippen LogP contribution in [0.3, 0.4) is 0 Å². The van der Waals surface area contributed by atoms with Crippen LogP contribution in [0.15, 0.2) is 77.2 Å². The molecule has 0 aliphatic carbocycles. The van der Waals surface area contributed by atoms with E-state index in [1.807, 2.05) is 0 Å². The van der Waals surface area contributed by atoms with E-state index in [9.17, 15) is 24.0 Å². The van der Waals surface area contributed by atoms with Crippen molar-refractivity contribution in [2.75, 3.05) is 26.1 Å². The molecular formula is C33H30FN3O7. The minimum absolute atomic E-state index is 0.0623. The number of benzene rings is 3. The van der Waals surface area contributed by atoms with Crippen LogP contribution in [0, 0.1) is 23.1 Å². The predicted octanol–water partition coefficient (Wildman–Crippen LogP) is 5.58. The first-order valence-electron chi connectivity index (χ1n) is 13.5. The van der Waals surface area contributed by atoms with E-state index in [4.69, 9.17) is 18.6 Å². The van der Waals surface area contributed by atoms with Crippen molar-refractivity contribution >= 4 is 23.7 Å². The Labute approximate surface area is 253 Å². The van der Waals surface area contributed by atoms with Gasteiger partial charge in [-0.15, -0.1) is 0 Å². The molecule has 4 aromatic rings. The van der Waals surface area contributed by atoms with Gasteiger partial charge in [-0.25, -0.2) is 9.18 Å². The van der Waals surface area contributed by atoms with Crippen LogP contribution in [0.5, 0.6) is 11.5 Å². The van der Waals surface area contributed by atoms with Crippen molar-refractivity contribution < 1.29 is 37.4 Å². The SMILES string of the molecule is COc1ccc(-c2oc(NC(=O)COC(=O)[C@@H](NC(=O)c3ccc(F)cc3)C(C)C)c(C#N)c2-c2ccc(OC)cc2)cc1. The van der Waals surface area contributed by atoms with Crippen molar-refractivity contribution in [1.29, 1.82) is 5.26 Å². The highest BCUT2D eigenvalue weighted by Gasteiger charge is 2.28. The summed E-state index contributed by atoms with van der Waals surface area (Å²) in [5.41, 5.74) is 1.92. The molecule has 0 spiro atoms. The molecule has 1 aromatic heterocycles. The van der Waals surface area contributed by atoms with Gasteiger partial charge in [0.15, 0.2) is 6.61 Å². The summed E-state index contributed by atoms with van der Waals surface area (Å²) in [4.78, 5) is 38.3. The molecule has 2 amide bonds. The summed E-state index contributed by atoms with van der Waals surface area (Å²) in [6.45, 7) is 2.68. The largest absolute Gasteiger partial charge is 0.497 e. The van der Waals surface area contributed by atoms with Gasteiger partial charge in [-0.2, -0.15) is 5.26 Å². The zero-order chi connectivity index (χ0) is 31.8. The first-order chi connectivity index (χ1) is 21.1. The summed E-state index contributed by atoms with van der Waals surface area (Å²) in [6.07, 6.45) is 0. The number of carbonyl (C=O) groups excluding carboxylic acids is 3. The average molecular weight is 600 g/mol. The van der Waals surface area contributed by atoms with Crippen LogP contribution >= 0.6 is 0 Å². The van der Waals surface area contributed by atoms with Gasteiger partial charge in [0.25, 0.3) is 11.8 Å². The minimum atomic E-state index is -1.08. The Morgan fingerprint density at radius 2 is 1.45 bits per heavy atom. The molecule has 0 unspecified atom stereocenters. The number of methoxy groups -OCH3 is 2. The third-order valence-electron chi connectivity index (χ3n) is 6.66. The maximum Gasteiger partial charge on any atom is 0.329 e. The standard InChI is InChI=1S/C33H30FN3O7/c1-19(2)29(37-31(39)22-5-11-23(34)12-6-22)33(40)43-18-27(38)36-32-26(17-35)28(20-7-13-24(41-3)14-8-20)30(44-32)21-9-15-25(42-4)16-10-21/h5-16,19,29H,18H2,1-4H3,(H,36,38)(H,37,39)/t29-/m0/s1. The molecule has 0 saturated carbocycles. The highest BCUT2D eigenvalue weighted by atomic mass is 19.1. The minimum Gasteiger partial charge on any atom is -0.497 e. The number of hydrogen-bond acceptors (Lipinski definition) is 8. The number of amides is 2. The molecule has 0 aliphatic rings. The Hall–Kier alpha value is -5.63. The van der Waals surface area contributed by atoms with Gasteiger partial charge >= 0.3 is 5.97 Å². The Balaban J connectivity index is 1.54. The van der Waals surface area contributed by atoms with Crippen molar-refractivity contribution in [2.24, 2.45) is 5.92 Å². The van der Waals surface area contributed by atoms with E-state index in [2.05, 4.69) is 16.7 Å². The molecule has 0 bridgehead atoms. The number of furan rings is 1. The number of esters is 1. The molecule has 44 heavy (non-hydrogen) atoms. The zero-order valence-electron chi connectivity index (χ0n) is 24.5. The molecular weight excluding hydrogens is 569 g/mol. The average Bonchev–Trinajstić information content (AvgIpc) is 3.40. The lowest BCUT2D eigenvalue weighted by atomic mass is 9.98. The Morgan fingerprint density at radius 1 is 0.886 bits per heavy atom. The van der Waals surface area contributed by atoms with Crippen molar-refractivity contribution in [3.63, 3.8) is 0 Å². The third-order valence-corrected chi connectivity index (χ3v) is 6.66. The molecule has 1 atom stereocenters. The maximum absolute atomic E-state index is 13.2. The van der Waals surface area contributed by atoms with Crippen LogP contribution in [0.4, 0.5) is 10.3 Å². The van der Waals surface area contributed by atoms with E-state index in [0.29, 0.717) is 33.9 Å². The van der Waals surface area contributed by atoms with Gasteiger partial charge in [0.2, 0.25) is 5.88 Å². The smallest absolute Gasteiger partial charge is 0.329 e. The topological polar surface area (TPSA) is 140 Å². The number of nitrogens with one attached hydrogen (secondary N) is 2. The van der Waals surface area contributed by atoms with E-state index in [1.54, 1.807) is 76.6 Å². The Morgan fingerprint density at radius 3 is 1.98 bits per heavy atom.